The number of nitrogens with one attached hydrogen (secondary N) is 1. The van der Waals surface area contributed by atoms with Crippen LogP contribution in [0.15, 0.2) is 0 Å². The number of nitrogens with zero attached hydrogens (tertiary/aromatic N) is 1. The van der Waals surface area contributed by atoms with Gasteiger partial charge in [0.15, 0.2) is 0 Å². The summed E-state index contributed by atoms with van der Waals surface area (Å²) >= 11 is 0. The van der Waals surface area contributed by atoms with Crippen molar-refractivity contribution in [3.8, 4) is 0 Å². The van der Waals surface area contributed by atoms with Crippen LogP contribution in [0.25, 0.3) is 0 Å². The van der Waals surface area contributed by atoms with Gasteiger partial charge in [-0.05, 0) is 26.7 Å². The smallest absolute Gasteiger partial charge is 0.251 e. The zero-order valence-corrected chi connectivity index (χ0v) is 10.9. The number of piperidine rings is 1. The van der Waals surface area contributed by atoms with Crippen LogP contribution in [0.3, 0.4) is 0 Å². The van der Waals surface area contributed by atoms with Crippen LogP contribution in [-0.4, -0.2) is 49.6 Å². The van der Waals surface area contributed by atoms with E-state index in [1.54, 1.807) is 11.8 Å². The number of amides is 2. The van der Waals surface area contributed by atoms with Crippen molar-refractivity contribution in [1.29, 1.82) is 0 Å². The monoisotopic (exact) mass is 242 g/mol. The Morgan fingerprint density at radius 2 is 2.00 bits per heavy atom. The lowest BCUT2D eigenvalue weighted by molar-refractivity contribution is -0.143. The molecule has 2 amide bonds. The Morgan fingerprint density at radius 1 is 1.41 bits per heavy atom. The summed E-state index contributed by atoms with van der Waals surface area (Å²) in [7, 11) is 1.53. The van der Waals surface area contributed by atoms with Gasteiger partial charge in [0.25, 0.3) is 5.91 Å². The Balaban J connectivity index is 2.40. The van der Waals surface area contributed by atoms with Gasteiger partial charge in [0.2, 0.25) is 5.91 Å². The van der Waals surface area contributed by atoms with Gasteiger partial charge < -0.3 is 15.0 Å². The molecule has 1 N–H and O–H groups in total. The first kappa shape index (κ1) is 14.0. The van der Waals surface area contributed by atoms with Gasteiger partial charge >= 0.3 is 0 Å². The average molecular weight is 242 g/mol. The van der Waals surface area contributed by atoms with E-state index in [9.17, 15) is 9.59 Å². The molecule has 1 unspecified atom stereocenters. The summed E-state index contributed by atoms with van der Waals surface area (Å²) in [4.78, 5) is 25.2. The summed E-state index contributed by atoms with van der Waals surface area (Å²) in [6.07, 6.45) is 1.10. The fourth-order valence-electron chi connectivity index (χ4n) is 2.04. The van der Waals surface area contributed by atoms with Crippen LogP contribution in [-0.2, 0) is 14.3 Å². The molecule has 1 aliphatic rings. The number of methoxy groups -OCH3 is 1. The minimum atomic E-state index is -0.393. The Hall–Kier alpha value is -1.10. The second kappa shape index (κ2) is 6.59. The minimum absolute atomic E-state index is 0.0156. The van der Waals surface area contributed by atoms with Crippen molar-refractivity contribution in [2.75, 3.05) is 26.7 Å². The number of ether oxygens (including phenoxy) is 1. The van der Waals surface area contributed by atoms with Crippen molar-refractivity contribution in [2.24, 2.45) is 5.92 Å². The van der Waals surface area contributed by atoms with Crippen molar-refractivity contribution in [1.82, 2.24) is 10.2 Å². The highest BCUT2D eigenvalue weighted by molar-refractivity contribution is 5.82. The lowest BCUT2D eigenvalue weighted by Crippen LogP contribution is -2.46. The van der Waals surface area contributed by atoms with Crippen molar-refractivity contribution < 1.29 is 14.3 Å². The lowest BCUT2D eigenvalue weighted by atomic mass is 9.95. The fraction of sp³-hybridized carbons (Fsp3) is 0.833. The van der Waals surface area contributed by atoms with Gasteiger partial charge in [-0.2, -0.15) is 0 Å². The molecule has 0 bridgehead atoms. The van der Waals surface area contributed by atoms with E-state index in [0.29, 0.717) is 19.6 Å². The van der Waals surface area contributed by atoms with Crippen LogP contribution in [0.4, 0.5) is 0 Å². The van der Waals surface area contributed by atoms with Crippen molar-refractivity contribution >= 4 is 11.8 Å². The largest absolute Gasteiger partial charge is 0.372 e. The van der Waals surface area contributed by atoms with Gasteiger partial charge in [-0.25, -0.2) is 0 Å². The van der Waals surface area contributed by atoms with Crippen LogP contribution < -0.4 is 5.32 Å². The lowest BCUT2D eigenvalue weighted by Gasteiger charge is -2.32. The van der Waals surface area contributed by atoms with Crippen LogP contribution in [0, 0.1) is 5.92 Å². The van der Waals surface area contributed by atoms with Crippen molar-refractivity contribution in [3.05, 3.63) is 0 Å². The third-order valence-electron chi connectivity index (χ3n) is 3.23. The van der Waals surface area contributed by atoms with E-state index in [1.807, 2.05) is 6.92 Å². The molecule has 5 heteroatoms. The number of likely N-dealkylation sites (tertiary alicyclic amines) is 1. The first-order valence-electron chi connectivity index (χ1n) is 6.19. The molecule has 0 aromatic heterocycles. The Labute approximate surface area is 102 Å². The van der Waals surface area contributed by atoms with E-state index in [2.05, 4.69) is 5.32 Å². The van der Waals surface area contributed by atoms with E-state index in [0.717, 1.165) is 12.8 Å². The third-order valence-corrected chi connectivity index (χ3v) is 3.23. The first-order valence-corrected chi connectivity index (χ1v) is 6.19. The summed E-state index contributed by atoms with van der Waals surface area (Å²) < 4.78 is 5.01. The summed E-state index contributed by atoms with van der Waals surface area (Å²) in [5.74, 6) is 0.179. The number of carbonyl (C=O) groups is 2. The van der Waals surface area contributed by atoms with E-state index in [-0.39, 0.29) is 17.7 Å². The molecule has 1 heterocycles. The molecule has 0 saturated carbocycles. The fourth-order valence-corrected chi connectivity index (χ4v) is 2.04. The highest BCUT2D eigenvalue weighted by atomic mass is 16.5. The Kier molecular flexibility index (Phi) is 5.41. The van der Waals surface area contributed by atoms with E-state index < -0.39 is 6.10 Å². The second-order valence-electron chi connectivity index (χ2n) is 4.37. The summed E-state index contributed by atoms with van der Waals surface area (Å²) in [6.45, 7) is 5.62. The quantitative estimate of drug-likeness (QED) is 0.776. The van der Waals surface area contributed by atoms with Gasteiger partial charge in [-0.1, -0.05) is 0 Å². The highest BCUT2D eigenvalue weighted by Crippen LogP contribution is 2.18. The topological polar surface area (TPSA) is 58.6 Å². The van der Waals surface area contributed by atoms with Crippen molar-refractivity contribution in [2.45, 2.75) is 32.8 Å². The number of rotatable bonds is 4. The molecule has 1 aliphatic heterocycles. The van der Waals surface area contributed by atoms with Gasteiger partial charge in [0, 0.05) is 32.7 Å². The van der Waals surface area contributed by atoms with E-state index in [4.69, 9.17) is 4.74 Å². The van der Waals surface area contributed by atoms with E-state index in [1.165, 1.54) is 7.11 Å². The molecule has 1 fully saturated rings. The third kappa shape index (κ3) is 3.70. The Morgan fingerprint density at radius 3 is 2.47 bits per heavy atom. The van der Waals surface area contributed by atoms with Gasteiger partial charge in [-0.15, -0.1) is 0 Å². The Bertz CT molecular complexity index is 273. The molecule has 1 rings (SSSR count). The van der Waals surface area contributed by atoms with Gasteiger partial charge in [0.1, 0.15) is 6.10 Å². The molecular weight excluding hydrogens is 220 g/mol. The van der Waals surface area contributed by atoms with Crippen LogP contribution >= 0.6 is 0 Å². The molecule has 0 spiro atoms. The predicted molar refractivity (Wildman–Crippen MR) is 64.5 cm³/mol. The number of carbonyl (C=O) groups excluding carboxylic acids is 2. The second-order valence-corrected chi connectivity index (χ2v) is 4.37. The molecule has 1 atom stereocenters. The predicted octanol–water partition coefficient (Wildman–Crippen LogP) is 0.396. The summed E-state index contributed by atoms with van der Waals surface area (Å²) in [5.41, 5.74) is 0. The van der Waals surface area contributed by atoms with Gasteiger partial charge in [0.05, 0.1) is 0 Å². The molecular formula is C12H22N2O3. The molecule has 1 saturated heterocycles. The van der Waals surface area contributed by atoms with Gasteiger partial charge in [-0.3, -0.25) is 9.59 Å². The first-order chi connectivity index (χ1) is 8.10. The molecule has 98 valence electrons. The molecule has 0 aromatic rings. The maximum atomic E-state index is 11.8. The van der Waals surface area contributed by atoms with E-state index >= 15 is 0 Å². The standard InChI is InChI=1S/C12H22N2O3/c1-4-13-11(15)10-5-7-14(8-6-10)12(16)9(2)17-3/h9-10H,4-8H2,1-3H3,(H,13,15). The molecule has 0 aromatic carbocycles. The molecule has 0 aliphatic carbocycles. The maximum Gasteiger partial charge on any atom is 0.251 e. The van der Waals surface area contributed by atoms with Crippen LogP contribution in [0.1, 0.15) is 26.7 Å². The van der Waals surface area contributed by atoms with Crippen LogP contribution in [0.5, 0.6) is 0 Å². The highest BCUT2D eigenvalue weighted by Gasteiger charge is 2.28. The zero-order chi connectivity index (χ0) is 12.8. The SMILES string of the molecule is CCNC(=O)C1CCN(C(=O)C(C)OC)CC1. The molecule has 5 nitrogen and oxygen atoms in total. The van der Waals surface area contributed by atoms with Crippen LogP contribution in [0.2, 0.25) is 0 Å². The minimum Gasteiger partial charge on any atom is -0.372 e. The summed E-state index contributed by atoms with van der Waals surface area (Å²) in [6, 6.07) is 0. The number of hydrogen-bond acceptors (Lipinski definition) is 3. The molecule has 0 radical (unpaired) electrons. The zero-order valence-electron chi connectivity index (χ0n) is 10.9. The summed E-state index contributed by atoms with van der Waals surface area (Å²) in [5, 5.41) is 2.83. The maximum absolute atomic E-state index is 11.8. The average Bonchev–Trinajstić information content (AvgIpc) is 2.37. The number of hydrogen-bond donors (Lipinski definition) is 1. The van der Waals surface area contributed by atoms with Crippen molar-refractivity contribution in [3.63, 3.8) is 0 Å². The normalized spacial score (nSPS) is 18.9. The molecule has 17 heavy (non-hydrogen) atoms.